The fraction of sp³-hybridized carbons (Fsp3) is 0.520. The third-order valence-electron chi connectivity index (χ3n) is 5.43. The molecule has 0 aliphatic rings. The zero-order valence-corrected chi connectivity index (χ0v) is 18.9. The minimum Gasteiger partial charge on any atom is -0.503 e. The molecule has 1 heterocycles. The molecule has 3 N–H and O–H groups in total. The lowest BCUT2D eigenvalue weighted by atomic mass is 10.1. The van der Waals surface area contributed by atoms with Crippen LogP contribution in [0.1, 0.15) is 74.6 Å². The van der Waals surface area contributed by atoms with Crippen molar-refractivity contribution in [3.8, 4) is 18.1 Å². The molecule has 33 heavy (non-hydrogen) atoms. The second kappa shape index (κ2) is 14.3. The van der Waals surface area contributed by atoms with Gasteiger partial charge in [0.15, 0.2) is 17.1 Å². The van der Waals surface area contributed by atoms with Crippen molar-refractivity contribution in [2.24, 2.45) is 0 Å². The number of phenolic OH excluding ortho intramolecular Hbond substituents is 1. The first-order valence-corrected chi connectivity index (χ1v) is 11.5. The molecule has 6 nitrogen and oxygen atoms in total. The molecule has 2 rings (SSSR count). The Morgan fingerprint density at radius 3 is 2.15 bits per heavy atom. The summed E-state index contributed by atoms with van der Waals surface area (Å²) in [7, 11) is 0. The number of benzene rings is 1. The van der Waals surface area contributed by atoms with Gasteiger partial charge in [-0.2, -0.15) is 4.39 Å². The first kappa shape index (κ1) is 26.3. The topological polar surface area (TPSA) is 91.6 Å². The second-order valence-electron chi connectivity index (χ2n) is 8.06. The molecule has 0 saturated heterocycles. The van der Waals surface area contributed by atoms with Crippen molar-refractivity contribution in [2.75, 3.05) is 19.6 Å². The van der Waals surface area contributed by atoms with Gasteiger partial charge in [-0.1, -0.05) is 57.3 Å². The van der Waals surface area contributed by atoms with Gasteiger partial charge in [-0.15, -0.1) is 6.42 Å². The molecule has 0 atom stereocenters. The van der Waals surface area contributed by atoms with E-state index in [9.17, 15) is 23.5 Å². The number of terminal acetylenes is 1. The SMILES string of the molecule is C#CCNCCCCCCCCCCCCNC(=O)c1cc2cc(F)c(O)c(F)c2oc1=O. The lowest BCUT2D eigenvalue weighted by molar-refractivity contribution is 0.0949. The summed E-state index contributed by atoms with van der Waals surface area (Å²) in [6, 6.07) is 1.88. The number of phenols is 1. The molecular formula is C25H32F2N2O4. The summed E-state index contributed by atoms with van der Waals surface area (Å²) in [5.41, 5.74) is -1.97. The van der Waals surface area contributed by atoms with E-state index in [1.165, 1.54) is 32.1 Å². The Labute approximate surface area is 192 Å². The van der Waals surface area contributed by atoms with Crippen molar-refractivity contribution < 1.29 is 23.1 Å². The van der Waals surface area contributed by atoms with E-state index in [4.69, 9.17) is 10.8 Å². The van der Waals surface area contributed by atoms with E-state index >= 15 is 0 Å². The van der Waals surface area contributed by atoms with Crippen molar-refractivity contribution in [1.82, 2.24) is 10.6 Å². The maximum atomic E-state index is 13.8. The largest absolute Gasteiger partial charge is 0.503 e. The normalized spacial score (nSPS) is 10.9. The molecule has 1 aromatic carbocycles. The van der Waals surface area contributed by atoms with Gasteiger partial charge in [0.05, 0.1) is 6.54 Å². The molecule has 0 bridgehead atoms. The Morgan fingerprint density at radius 1 is 0.970 bits per heavy atom. The van der Waals surface area contributed by atoms with Gasteiger partial charge in [-0.25, -0.2) is 9.18 Å². The zero-order chi connectivity index (χ0) is 24.1. The van der Waals surface area contributed by atoms with Crippen LogP contribution >= 0.6 is 0 Å². The van der Waals surface area contributed by atoms with E-state index < -0.39 is 34.5 Å². The maximum Gasteiger partial charge on any atom is 0.349 e. The van der Waals surface area contributed by atoms with E-state index in [0.29, 0.717) is 13.1 Å². The van der Waals surface area contributed by atoms with E-state index in [-0.39, 0.29) is 10.9 Å². The third-order valence-corrected chi connectivity index (χ3v) is 5.43. The Hall–Kier alpha value is -2.92. The van der Waals surface area contributed by atoms with Crippen LogP contribution in [0.4, 0.5) is 8.78 Å². The van der Waals surface area contributed by atoms with Crippen LogP contribution in [0.3, 0.4) is 0 Å². The predicted molar refractivity (Wildman–Crippen MR) is 124 cm³/mol. The van der Waals surface area contributed by atoms with E-state index in [1.807, 2.05) is 0 Å². The zero-order valence-electron chi connectivity index (χ0n) is 18.9. The monoisotopic (exact) mass is 462 g/mol. The number of rotatable bonds is 15. The molecule has 0 fully saturated rings. The highest BCUT2D eigenvalue weighted by Crippen LogP contribution is 2.28. The highest BCUT2D eigenvalue weighted by Gasteiger charge is 2.19. The number of nitrogens with one attached hydrogen (secondary N) is 2. The van der Waals surface area contributed by atoms with Crippen LogP contribution in [0.2, 0.25) is 0 Å². The summed E-state index contributed by atoms with van der Waals surface area (Å²) in [6.07, 6.45) is 16.4. The van der Waals surface area contributed by atoms with Crippen LogP contribution in [0.25, 0.3) is 11.0 Å². The van der Waals surface area contributed by atoms with Gasteiger partial charge < -0.3 is 20.2 Å². The smallest absolute Gasteiger partial charge is 0.349 e. The minimum absolute atomic E-state index is 0.117. The molecule has 1 amide bonds. The number of carbonyl (C=O) groups is 1. The second-order valence-corrected chi connectivity index (χ2v) is 8.06. The van der Waals surface area contributed by atoms with Gasteiger partial charge in [0, 0.05) is 11.9 Å². The number of aromatic hydroxyl groups is 1. The Morgan fingerprint density at radius 2 is 1.55 bits per heavy atom. The lowest BCUT2D eigenvalue weighted by Gasteiger charge is -2.07. The summed E-state index contributed by atoms with van der Waals surface area (Å²) in [5, 5.41) is 15.0. The quantitative estimate of drug-likeness (QED) is 0.204. The number of hydrogen-bond acceptors (Lipinski definition) is 5. The van der Waals surface area contributed by atoms with Gasteiger partial charge in [-0.05, 0) is 31.5 Å². The average molecular weight is 463 g/mol. The molecule has 0 spiro atoms. The Balaban J connectivity index is 1.59. The number of unbranched alkanes of at least 4 members (excludes halogenated alkanes) is 9. The Bertz CT molecular complexity index is 1010. The van der Waals surface area contributed by atoms with Crippen LogP contribution in [-0.4, -0.2) is 30.6 Å². The van der Waals surface area contributed by atoms with Crippen LogP contribution in [0, 0.1) is 24.0 Å². The predicted octanol–water partition coefficient (Wildman–Crippen LogP) is 4.63. The fourth-order valence-electron chi connectivity index (χ4n) is 3.59. The number of carbonyl (C=O) groups excluding carboxylic acids is 1. The van der Waals surface area contributed by atoms with Crippen LogP contribution in [0.5, 0.6) is 5.75 Å². The molecule has 180 valence electrons. The number of halogens is 2. The third kappa shape index (κ3) is 8.50. The van der Waals surface area contributed by atoms with Gasteiger partial charge in [0.1, 0.15) is 5.56 Å². The van der Waals surface area contributed by atoms with Gasteiger partial charge in [-0.3, -0.25) is 4.79 Å². The molecule has 0 aliphatic heterocycles. The molecule has 0 radical (unpaired) electrons. The first-order chi connectivity index (χ1) is 16.0. The van der Waals surface area contributed by atoms with Crippen molar-refractivity contribution in [2.45, 2.75) is 64.2 Å². The van der Waals surface area contributed by atoms with E-state index in [0.717, 1.165) is 50.8 Å². The van der Waals surface area contributed by atoms with Crippen molar-refractivity contribution in [3.63, 3.8) is 0 Å². The maximum absolute atomic E-state index is 13.8. The summed E-state index contributed by atoms with van der Waals surface area (Å²) < 4.78 is 32.2. The molecule has 2 aromatic rings. The summed E-state index contributed by atoms with van der Waals surface area (Å²) >= 11 is 0. The van der Waals surface area contributed by atoms with Gasteiger partial charge >= 0.3 is 5.63 Å². The molecule has 0 unspecified atom stereocenters. The molecule has 1 aromatic heterocycles. The van der Waals surface area contributed by atoms with Crippen LogP contribution in [0.15, 0.2) is 21.3 Å². The van der Waals surface area contributed by atoms with Crippen LogP contribution in [-0.2, 0) is 0 Å². The summed E-state index contributed by atoms with van der Waals surface area (Å²) in [6.45, 7) is 2.01. The lowest BCUT2D eigenvalue weighted by Crippen LogP contribution is -2.29. The number of hydrogen-bond donors (Lipinski definition) is 3. The average Bonchev–Trinajstić information content (AvgIpc) is 2.80. The number of amides is 1. The van der Waals surface area contributed by atoms with Gasteiger partial charge in [0.2, 0.25) is 5.82 Å². The standard InChI is InChI=1S/C25H32F2N2O4/c1-2-13-28-14-11-9-7-5-3-4-6-8-10-12-15-29-24(31)19-16-18-17-20(26)22(30)21(27)23(18)33-25(19)32/h1,16-17,28,30H,3-15H2,(H,29,31). The summed E-state index contributed by atoms with van der Waals surface area (Å²) in [4.78, 5) is 24.3. The minimum atomic E-state index is -1.37. The highest BCUT2D eigenvalue weighted by molar-refractivity contribution is 5.96. The molecular weight excluding hydrogens is 430 g/mol. The fourth-order valence-corrected chi connectivity index (χ4v) is 3.59. The highest BCUT2D eigenvalue weighted by atomic mass is 19.1. The molecule has 8 heteroatoms. The van der Waals surface area contributed by atoms with Gasteiger partial charge in [0.25, 0.3) is 5.91 Å². The van der Waals surface area contributed by atoms with E-state index in [1.54, 1.807) is 0 Å². The Kier molecular flexibility index (Phi) is 11.4. The van der Waals surface area contributed by atoms with Crippen molar-refractivity contribution in [1.29, 1.82) is 0 Å². The van der Waals surface area contributed by atoms with Crippen molar-refractivity contribution >= 4 is 16.9 Å². The van der Waals surface area contributed by atoms with E-state index in [2.05, 4.69) is 16.6 Å². The van der Waals surface area contributed by atoms with Crippen LogP contribution < -0.4 is 16.3 Å². The first-order valence-electron chi connectivity index (χ1n) is 11.5. The summed E-state index contributed by atoms with van der Waals surface area (Å²) in [5.74, 6) is -1.90. The molecule has 0 saturated carbocycles. The van der Waals surface area contributed by atoms with Crippen molar-refractivity contribution in [3.05, 3.63) is 39.8 Å². The molecule has 0 aliphatic carbocycles. The number of fused-ring (bicyclic) bond motifs is 1.